The van der Waals surface area contributed by atoms with Gasteiger partial charge in [0.25, 0.3) is 0 Å². The standard InChI is InChI=1S/C36H46N2O4/c1-23(2)21-39-31-19-33-29(17-27(31)25-11-7-5-8-12-25)37-35(41-33)15-16-36-38-30-18-28(26-13-9-6-10-14-26)32(20-34(30)42-36)40-22-24(3)4/h15-20,23-26H,5-14,21-22H2,1-4H3/b16-15+. The van der Waals surface area contributed by atoms with Gasteiger partial charge in [-0.3, -0.25) is 0 Å². The summed E-state index contributed by atoms with van der Waals surface area (Å²) in [5.41, 5.74) is 5.77. The van der Waals surface area contributed by atoms with Crippen LogP contribution < -0.4 is 9.47 Å². The van der Waals surface area contributed by atoms with Crippen LogP contribution in [0, 0.1) is 11.8 Å². The van der Waals surface area contributed by atoms with Crippen molar-refractivity contribution in [3.8, 4) is 11.5 Å². The molecule has 2 heterocycles. The Morgan fingerprint density at radius 1 is 0.643 bits per heavy atom. The van der Waals surface area contributed by atoms with Crippen LogP contribution in [0.2, 0.25) is 0 Å². The van der Waals surface area contributed by atoms with E-state index in [-0.39, 0.29) is 0 Å². The van der Waals surface area contributed by atoms with Gasteiger partial charge in [-0.25, -0.2) is 9.97 Å². The van der Waals surface area contributed by atoms with Gasteiger partial charge in [0.2, 0.25) is 11.8 Å². The lowest BCUT2D eigenvalue weighted by Gasteiger charge is -2.24. The van der Waals surface area contributed by atoms with E-state index in [0.29, 0.717) is 48.7 Å². The molecule has 4 aromatic rings. The molecule has 0 saturated heterocycles. The molecule has 6 heteroatoms. The largest absolute Gasteiger partial charge is 0.493 e. The Kier molecular flexibility index (Phi) is 8.87. The van der Waals surface area contributed by atoms with Crippen molar-refractivity contribution in [3.05, 3.63) is 47.2 Å². The van der Waals surface area contributed by atoms with E-state index in [1.807, 2.05) is 24.3 Å². The molecule has 0 aliphatic heterocycles. The number of hydrogen-bond donors (Lipinski definition) is 0. The van der Waals surface area contributed by atoms with Crippen molar-refractivity contribution in [2.75, 3.05) is 13.2 Å². The average molecular weight is 571 g/mol. The third-order valence-electron chi connectivity index (χ3n) is 8.68. The molecular formula is C36H46N2O4. The minimum atomic E-state index is 0.459. The van der Waals surface area contributed by atoms with Crippen molar-refractivity contribution in [1.82, 2.24) is 9.97 Å². The maximum Gasteiger partial charge on any atom is 0.220 e. The van der Waals surface area contributed by atoms with Crippen molar-refractivity contribution in [3.63, 3.8) is 0 Å². The monoisotopic (exact) mass is 570 g/mol. The predicted octanol–water partition coefficient (Wildman–Crippen LogP) is 10.3. The first kappa shape index (κ1) is 28.8. The zero-order valence-corrected chi connectivity index (χ0v) is 25.8. The van der Waals surface area contributed by atoms with Crippen LogP contribution in [0.4, 0.5) is 0 Å². The number of oxazole rings is 2. The fraction of sp³-hybridized carbons (Fsp3) is 0.556. The van der Waals surface area contributed by atoms with E-state index in [0.717, 1.165) is 33.7 Å². The number of rotatable bonds is 10. The molecule has 0 spiro atoms. The molecule has 6 rings (SSSR count). The number of nitrogens with zero attached hydrogens (tertiary/aromatic N) is 2. The molecule has 2 aliphatic rings. The minimum absolute atomic E-state index is 0.459. The third kappa shape index (κ3) is 6.68. The van der Waals surface area contributed by atoms with Crippen molar-refractivity contribution in [2.24, 2.45) is 11.8 Å². The van der Waals surface area contributed by atoms with Crippen molar-refractivity contribution in [1.29, 1.82) is 0 Å². The zero-order valence-electron chi connectivity index (χ0n) is 25.8. The van der Waals surface area contributed by atoms with E-state index in [4.69, 9.17) is 28.3 Å². The van der Waals surface area contributed by atoms with Gasteiger partial charge in [0.05, 0.1) is 13.2 Å². The zero-order chi connectivity index (χ0) is 29.1. The predicted molar refractivity (Wildman–Crippen MR) is 169 cm³/mol. The second kappa shape index (κ2) is 12.9. The van der Waals surface area contributed by atoms with Crippen molar-refractivity contribution in [2.45, 2.75) is 104 Å². The van der Waals surface area contributed by atoms with Gasteiger partial charge in [0, 0.05) is 24.3 Å². The van der Waals surface area contributed by atoms with Gasteiger partial charge in [-0.2, -0.15) is 0 Å². The van der Waals surface area contributed by atoms with Crippen LogP contribution >= 0.6 is 0 Å². The second-order valence-electron chi connectivity index (χ2n) is 13.2. The smallest absolute Gasteiger partial charge is 0.220 e. The normalized spacial score (nSPS) is 17.4. The minimum Gasteiger partial charge on any atom is -0.493 e. The highest BCUT2D eigenvalue weighted by Crippen LogP contribution is 2.41. The lowest BCUT2D eigenvalue weighted by molar-refractivity contribution is 0.265. The highest BCUT2D eigenvalue weighted by molar-refractivity contribution is 5.80. The molecular weight excluding hydrogens is 524 g/mol. The molecule has 0 N–H and O–H groups in total. The molecule has 0 radical (unpaired) electrons. The van der Waals surface area contributed by atoms with E-state index < -0.39 is 0 Å². The lowest BCUT2D eigenvalue weighted by Crippen LogP contribution is -2.10. The number of hydrogen-bond acceptors (Lipinski definition) is 6. The molecule has 2 aromatic heterocycles. The summed E-state index contributed by atoms with van der Waals surface area (Å²) in [5.74, 6) is 4.92. The second-order valence-corrected chi connectivity index (χ2v) is 13.2. The van der Waals surface area contributed by atoms with Crippen LogP contribution in [0.1, 0.15) is 127 Å². The Bertz CT molecular complexity index is 1400. The Morgan fingerprint density at radius 2 is 1.05 bits per heavy atom. The van der Waals surface area contributed by atoms with Gasteiger partial charge < -0.3 is 18.3 Å². The van der Waals surface area contributed by atoms with Gasteiger partial charge in [-0.15, -0.1) is 0 Å². The van der Waals surface area contributed by atoms with Crippen LogP contribution in [0.3, 0.4) is 0 Å². The van der Waals surface area contributed by atoms with E-state index in [2.05, 4.69) is 39.8 Å². The molecule has 0 unspecified atom stereocenters. The number of aromatic nitrogens is 2. The SMILES string of the molecule is CC(C)COc1cc2oc(/C=C/c3nc4cc(C5CCCCC5)c(OCC(C)C)cc4o3)nc2cc1C1CCCCC1. The average Bonchev–Trinajstić information content (AvgIpc) is 3.60. The first-order valence-corrected chi connectivity index (χ1v) is 16.3. The topological polar surface area (TPSA) is 70.5 Å². The molecule has 2 fully saturated rings. The van der Waals surface area contributed by atoms with Crippen LogP contribution in [-0.4, -0.2) is 23.2 Å². The van der Waals surface area contributed by atoms with E-state index in [1.54, 1.807) is 0 Å². The lowest BCUT2D eigenvalue weighted by atomic mass is 9.83. The van der Waals surface area contributed by atoms with E-state index in [9.17, 15) is 0 Å². The highest BCUT2D eigenvalue weighted by atomic mass is 16.5. The molecule has 2 saturated carbocycles. The summed E-state index contributed by atoms with van der Waals surface area (Å²) in [5, 5.41) is 0. The first-order chi connectivity index (χ1) is 20.4. The molecule has 0 bridgehead atoms. The molecule has 224 valence electrons. The van der Waals surface area contributed by atoms with Gasteiger partial charge in [-0.1, -0.05) is 66.2 Å². The summed E-state index contributed by atoms with van der Waals surface area (Å²) in [7, 11) is 0. The number of fused-ring (bicyclic) bond motifs is 2. The van der Waals surface area contributed by atoms with Crippen LogP contribution in [0.5, 0.6) is 11.5 Å². The van der Waals surface area contributed by atoms with Crippen LogP contribution in [0.25, 0.3) is 34.4 Å². The Morgan fingerprint density at radius 3 is 1.43 bits per heavy atom. The van der Waals surface area contributed by atoms with Gasteiger partial charge in [-0.05, 0) is 72.6 Å². The van der Waals surface area contributed by atoms with E-state index in [1.165, 1.54) is 75.3 Å². The highest BCUT2D eigenvalue weighted by Gasteiger charge is 2.23. The third-order valence-corrected chi connectivity index (χ3v) is 8.68. The molecule has 2 aliphatic carbocycles. The molecule has 2 aromatic carbocycles. The molecule has 42 heavy (non-hydrogen) atoms. The molecule has 0 atom stereocenters. The summed E-state index contributed by atoms with van der Waals surface area (Å²) in [6.45, 7) is 10.1. The summed E-state index contributed by atoms with van der Waals surface area (Å²) in [4.78, 5) is 9.61. The van der Waals surface area contributed by atoms with E-state index >= 15 is 0 Å². The molecule has 0 amide bonds. The van der Waals surface area contributed by atoms with Crippen molar-refractivity contribution >= 4 is 34.4 Å². The Hall–Kier alpha value is -3.28. The summed E-state index contributed by atoms with van der Waals surface area (Å²) in [6.07, 6.45) is 16.3. The Labute approximate surface area is 249 Å². The van der Waals surface area contributed by atoms with Crippen LogP contribution in [0.15, 0.2) is 33.1 Å². The maximum absolute atomic E-state index is 6.28. The number of benzene rings is 2. The van der Waals surface area contributed by atoms with Gasteiger partial charge in [0.15, 0.2) is 11.2 Å². The van der Waals surface area contributed by atoms with Crippen molar-refractivity contribution < 1.29 is 18.3 Å². The quantitative estimate of drug-likeness (QED) is 0.189. The fourth-order valence-electron chi connectivity index (χ4n) is 6.49. The molecule has 6 nitrogen and oxygen atoms in total. The van der Waals surface area contributed by atoms with Gasteiger partial charge in [0.1, 0.15) is 22.5 Å². The van der Waals surface area contributed by atoms with Crippen LogP contribution in [-0.2, 0) is 0 Å². The summed E-state index contributed by atoms with van der Waals surface area (Å²) in [6, 6.07) is 8.45. The van der Waals surface area contributed by atoms with Gasteiger partial charge >= 0.3 is 0 Å². The summed E-state index contributed by atoms with van der Waals surface area (Å²) < 4.78 is 24.9. The first-order valence-electron chi connectivity index (χ1n) is 16.3. The maximum atomic E-state index is 6.28. The fourth-order valence-corrected chi connectivity index (χ4v) is 6.49. The Balaban J connectivity index is 1.27. The summed E-state index contributed by atoms with van der Waals surface area (Å²) >= 11 is 0. The number of ether oxygens (including phenoxy) is 2.